The van der Waals surface area contributed by atoms with Crippen molar-refractivity contribution in [3.63, 3.8) is 0 Å². The zero-order valence-electron chi connectivity index (χ0n) is 11.0. The van der Waals surface area contributed by atoms with Crippen LogP contribution in [0.25, 0.3) is 10.2 Å². The van der Waals surface area contributed by atoms with Crippen molar-refractivity contribution in [2.24, 2.45) is 5.73 Å². The highest BCUT2D eigenvalue weighted by molar-refractivity contribution is 7.18. The molecule has 0 aliphatic carbocycles. The number of nitrogens with two attached hydrogens (primary N) is 1. The van der Waals surface area contributed by atoms with E-state index in [1.807, 2.05) is 0 Å². The van der Waals surface area contributed by atoms with Crippen LogP contribution >= 0.6 is 11.3 Å². The molecule has 2 heterocycles. The van der Waals surface area contributed by atoms with Crippen LogP contribution < -0.4 is 10.6 Å². The minimum atomic E-state index is 0.783. The van der Waals surface area contributed by atoms with Crippen molar-refractivity contribution in [3.8, 4) is 0 Å². The minimum absolute atomic E-state index is 0.783. The van der Waals surface area contributed by atoms with Crippen LogP contribution in [0, 0.1) is 6.92 Å². The Balaban J connectivity index is 2.09. The van der Waals surface area contributed by atoms with Gasteiger partial charge in [0.15, 0.2) is 0 Å². The van der Waals surface area contributed by atoms with Crippen molar-refractivity contribution >= 4 is 27.4 Å². The largest absolute Gasteiger partial charge is 0.359 e. The Morgan fingerprint density at radius 2 is 2.11 bits per heavy atom. The first kappa shape index (κ1) is 13.2. The second-order valence-corrected chi connectivity index (χ2v) is 5.78. The zero-order valence-corrected chi connectivity index (χ0v) is 11.8. The number of hydrogen-bond acceptors (Lipinski definition) is 5. The maximum Gasteiger partial charge on any atom is 0.140 e. The molecule has 5 heteroatoms. The van der Waals surface area contributed by atoms with Crippen LogP contribution in [-0.4, -0.2) is 30.1 Å². The van der Waals surface area contributed by atoms with Gasteiger partial charge in [-0.05, 0) is 32.4 Å². The average molecular weight is 264 g/mol. The molecule has 2 aromatic heterocycles. The second kappa shape index (κ2) is 6.11. The third-order valence-electron chi connectivity index (χ3n) is 2.99. The molecule has 0 fully saturated rings. The monoisotopic (exact) mass is 264 g/mol. The fourth-order valence-electron chi connectivity index (χ4n) is 2.04. The number of rotatable bonds is 6. The topological polar surface area (TPSA) is 55.0 Å². The smallest absolute Gasteiger partial charge is 0.140 e. The first-order chi connectivity index (χ1) is 8.72. The van der Waals surface area contributed by atoms with E-state index in [1.165, 1.54) is 16.7 Å². The SMILES string of the molecule is Cc1cc2c(N(C)CCCCCN)ncnc2s1. The molecule has 0 unspecified atom stereocenters. The minimum Gasteiger partial charge on any atom is -0.359 e. The summed E-state index contributed by atoms with van der Waals surface area (Å²) in [6, 6.07) is 2.17. The molecule has 0 saturated carbocycles. The molecule has 0 aliphatic rings. The average Bonchev–Trinajstić information content (AvgIpc) is 2.74. The van der Waals surface area contributed by atoms with E-state index < -0.39 is 0 Å². The summed E-state index contributed by atoms with van der Waals surface area (Å²) in [6.45, 7) is 3.91. The predicted octanol–water partition coefficient (Wildman–Crippen LogP) is 2.56. The molecule has 0 amide bonds. The van der Waals surface area contributed by atoms with Crippen molar-refractivity contribution in [2.45, 2.75) is 26.2 Å². The Morgan fingerprint density at radius 1 is 1.28 bits per heavy atom. The molecule has 0 aromatic carbocycles. The summed E-state index contributed by atoms with van der Waals surface area (Å²) in [5.74, 6) is 1.04. The number of unbranched alkanes of at least 4 members (excludes halogenated alkanes) is 2. The van der Waals surface area contributed by atoms with Gasteiger partial charge in [0.25, 0.3) is 0 Å². The van der Waals surface area contributed by atoms with Crippen LogP contribution in [0.1, 0.15) is 24.1 Å². The Morgan fingerprint density at radius 3 is 2.89 bits per heavy atom. The van der Waals surface area contributed by atoms with Gasteiger partial charge in [-0.15, -0.1) is 11.3 Å². The summed E-state index contributed by atoms with van der Waals surface area (Å²) in [7, 11) is 2.09. The van der Waals surface area contributed by atoms with Crippen LogP contribution in [-0.2, 0) is 0 Å². The summed E-state index contributed by atoms with van der Waals surface area (Å²) in [5.41, 5.74) is 5.50. The van der Waals surface area contributed by atoms with E-state index in [2.05, 4.69) is 34.9 Å². The van der Waals surface area contributed by atoms with Crippen molar-refractivity contribution in [1.82, 2.24) is 9.97 Å². The van der Waals surface area contributed by atoms with E-state index in [4.69, 9.17) is 5.73 Å². The molecule has 18 heavy (non-hydrogen) atoms. The van der Waals surface area contributed by atoms with Gasteiger partial charge < -0.3 is 10.6 Å². The normalized spacial score (nSPS) is 11.1. The molecule has 0 aliphatic heterocycles. The molecule has 0 bridgehead atoms. The number of anilines is 1. The third-order valence-corrected chi connectivity index (χ3v) is 3.95. The number of aryl methyl sites for hydroxylation is 1. The fraction of sp³-hybridized carbons (Fsp3) is 0.538. The first-order valence-corrected chi connectivity index (χ1v) is 7.16. The van der Waals surface area contributed by atoms with Gasteiger partial charge in [-0.2, -0.15) is 0 Å². The number of hydrogen-bond donors (Lipinski definition) is 1. The Kier molecular flexibility index (Phi) is 4.49. The molecular formula is C13H20N4S. The summed E-state index contributed by atoms with van der Waals surface area (Å²) in [5, 5.41) is 1.17. The Labute approximate surface area is 112 Å². The lowest BCUT2D eigenvalue weighted by Crippen LogP contribution is -2.20. The van der Waals surface area contributed by atoms with Gasteiger partial charge in [-0.3, -0.25) is 0 Å². The number of aromatic nitrogens is 2. The number of nitrogens with zero attached hydrogens (tertiary/aromatic N) is 3. The van der Waals surface area contributed by atoms with Gasteiger partial charge in [0.05, 0.1) is 5.39 Å². The summed E-state index contributed by atoms with van der Waals surface area (Å²) in [4.78, 5) is 13.3. The van der Waals surface area contributed by atoms with Crippen LogP contribution in [0.3, 0.4) is 0 Å². The Bertz CT molecular complexity index is 509. The second-order valence-electron chi connectivity index (χ2n) is 4.54. The molecule has 0 atom stereocenters. The van der Waals surface area contributed by atoms with Gasteiger partial charge >= 0.3 is 0 Å². The highest BCUT2D eigenvalue weighted by atomic mass is 32.1. The first-order valence-electron chi connectivity index (χ1n) is 6.34. The quantitative estimate of drug-likeness (QED) is 0.815. The molecular weight excluding hydrogens is 244 g/mol. The lowest BCUT2D eigenvalue weighted by molar-refractivity contribution is 0.677. The van der Waals surface area contributed by atoms with Crippen LogP contribution in [0.2, 0.25) is 0 Å². The van der Waals surface area contributed by atoms with Crippen molar-refractivity contribution < 1.29 is 0 Å². The lowest BCUT2D eigenvalue weighted by Gasteiger charge is -2.18. The van der Waals surface area contributed by atoms with Crippen molar-refractivity contribution in [2.75, 3.05) is 25.0 Å². The molecule has 0 saturated heterocycles. The van der Waals surface area contributed by atoms with Gasteiger partial charge in [-0.25, -0.2) is 9.97 Å². The van der Waals surface area contributed by atoms with Crippen molar-refractivity contribution in [3.05, 3.63) is 17.3 Å². The number of thiophene rings is 1. The third kappa shape index (κ3) is 2.97. The van der Waals surface area contributed by atoms with E-state index in [0.717, 1.165) is 36.6 Å². The highest BCUT2D eigenvalue weighted by Gasteiger charge is 2.10. The molecule has 2 rings (SSSR count). The van der Waals surface area contributed by atoms with Crippen LogP contribution in [0.15, 0.2) is 12.4 Å². The molecule has 4 nitrogen and oxygen atoms in total. The van der Waals surface area contributed by atoms with E-state index in [9.17, 15) is 0 Å². The highest BCUT2D eigenvalue weighted by Crippen LogP contribution is 2.29. The van der Waals surface area contributed by atoms with E-state index in [0.29, 0.717) is 0 Å². The van der Waals surface area contributed by atoms with Gasteiger partial charge in [0.1, 0.15) is 17.0 Å². The fourth-order valence-corrected chi connectivity index (χ4v) is 2.89. The van der Waals surface area contributed by atoms with E-state index >= 15 is 0 Å². The van der Waals surface area contributed by atoms with Gasteiger partial charge in [0, 0.05) is 18.5 Å². The molecule has 0 spiro atoms. The molecule has 2 N–H and O–H groups in total. The van der Waals surface area contributed by atoms with E-state index in [-0.39, 0.29) is 0 Å². The van der Waals surface area contributed by atoms with Crippen LogP contribution in [0.4, 0.5) is 5.82 Å². The Hall–Kier alpha value is -1.20. The maximum absolute atomic E-state index is 5.50. The van der Waals surface area contributed by atoms with E-state index in [1.54, 1.807) is 17.7 Å². The summed E-state index contributed by atoms with van der Waals surface area (Å²) < 4.78 is 0. The standard InChI is InChI=1S/C13H20N4S/c1-10-8-11-12(15-9-16-13(11)18-10)17(2)7-5-3-4-6-14/h8-9H,3-7,14H2,1-2H3. The van der Waals surface area contributed by atoms with Crippen LogP contribution in [0.5, 0.6) is 0 Å². The molecule has 0 radical (unpaired) electrons. The predicted molar refractivity (Wildman–Crippen MR) is 78.3 cm³/mol. The zero-order chi connectivity index (χ0) is 13.0. The molecule has 98 valence electrons. The van der Waals surface area contributed by atoms with Gasteiger partial charge in [0.2, 0.25) is 0 Å². The molecule has 2 aromatic rings. The number of fused-ring (bicyclic) bond motifs is 1. The summed E-state index contributed by atoms with van der Waals surface area (Å²) >= 11 is 1.72. The van der Waals surface area contributed by atoms with Gasteiger partial charge in [-0.1, -0.05) is 6.42 Å². The maximum atomic E-state index is 5.50. The lowest BCUT2D eigenvalue weighted by atomic mass is 10.2. The van der Waals surface area contributed by atoms with Crippen molar-refractivity contribution in [1.29, 1.82) is 0 Å². The summed E-state index contributed by atoms with van der Waals surface area (Å²) in [6.07, 6.45) is 5.09.